The first kappa shape index (κ1) is 13.6. The lowest BCUT2D eigenvalue weighted by Gasteiger charge is -1.93. The fraction of sp³-hybridized carbons (Fsp3) is 0.714. The molecule has 0 saturated carbocycles. The minimum Gasteiger partial charge on any atom is -0.475 e. The molecule has 1 aliphatic heterocycles. The van der Waals surface area contributed by atoms with Crippen molar-refractivity contribution in [3.63, 3.8) is 0 Å². The zero-order valence-electron chi connectivity index (χ0n) is 7.38. The molecular formula is C7H8F4N2O2. The van der Waals surface area contributed by atoms with Crippen LogP contribution in [0.4, 0.5) is 17.6 Å². The van der Waals surface area contributed by atoms with Crippen molar-refractivity contribution < 1.29 is 27.5 Å². The van der Waals surface area contributed by atoms with Crippen LogP contribution in [-0.2, 0) is 4.79 Å². The van der Waals surface area contributed by atoms with E-state index in [4.69, 9.17) is 15.2 Å². The molecule has 1 heterocycles. The Hall–Kier alpha value is -1.36. The van der Waals surface area contributed by atoms with Crippen LogP contribution in [0, 0.1) is 11.3 Å². The first-order chi connectivity index (χ1) is 6.77. The second-order valence-corrected chi connectivity index (χ2v) is 2.73. The minimum absolute atomic E-state index is 0.245. The molecular weight excluding hydrogens is 220 g/mol. The van der Waals surface area contributed by atoms with Crippen LogP contribution in [0.5, 0.6) is 0 Å². The highest BCUT2D eigenvalue weighted by atomic mass is 19.4. The van der Waals surface area contributed by atoms with Crippen LogP contribution in [0.3, 0.4) is 0 Å². The van der Waals surface area contributed by atoms with Gasteiger partial charge in [0.1, 0.15) is 6.17 Å². The van der Waals surface area contributed by atoms with Gasteiger partial charge in [-0.3, -0.25) is 5.32 Å². The third-order valence-corrected chi connectivity index (χ3v) is 1.48. The van der Waals surface area contributed by atoms with Crippen molar-refractivity contribution in [1.29, 1.82) is 5.26 Å². The van der Waals surface area contributed by atoms with Gasteiger partial charge in [0.2, 0.25) is 0 Å². The van der Waals surface area contributed by atoms with Crippen molar-refractivity contribution in [3.05, 3.63) is 0 Å². The molecule has 0 radical (unpaired) electrons. The zero-order chi connectivity index (χ0) is 12.1. The van der Waals surface area contributed by atoms with Gasteiger partial charge in [-0.05, 0) is 0 Å². The van der Waals surface area contributed by atoms with Crippen LogP contribution in [-0.4, -0.2) is 36.0 Å². The van der Waals surface area contributed by atoms with Gasteiger partial charge in [-0.1, -0.05) is 0 Å². The lowest BCUT2D eigenvalue weighted by atomic mass is 10.2. The number of rotatable bonds is 0. The molecule has 0 aromatic heterocycles. The molecule has 86 valence electrons. The van der Waals surface area contributed by atoms with Gasteiger partial charge in [0.05, 0.1) is 12.1 Å². The highest BCUT2D eigenvalue weighted by Crippen LogP contribution is 2.13. The first-order valence-corrected chi connectivity index (χ1v) is 3.84. The van der Waals surface area contributed by atoms with E-state index in [2.05, 4.69) is 5.32 Å². The molecule has 0 aliphatic carbocycles. The van der Waals surface area contributed by atoms with Gasteiger partial charge < -0.3 is 5.11 Å². The molecule has 2 N–H and O–H groups in total. The topological polar surface area (TPSA) is 73.1 Å². The van der Waals surface area contributed by atoms with E-state index in [1.807, 2.05) is 6.07 Å². The van der Waals surface area contributed by atoms with Gasteiger partial charge in [0, 0.05) is 13.0 Å². The molecule has 2 unspecified atom stereocenters. The Morgan fingerprint density at radius 3 is 2.13 bits per heavy atom. The smallest absolute Gasteiger partial charge is 0.475 e. The first-order valence-electron chi connectivity index (χ1n) is 3.84. The van der Waals surface area contributed by atoms with Gasteiger partial charge in [0.15, 0.2) is 0 Å². The highest BCUT2D eigenvalue weighted by Gasteiger charge is 2.38. The molecule has 1 rings (SSSR count). The number of alkyl halides is 4. The number of hydrogen-bond acceptors (Lipinski definition) is 3. The monoisotopic (exact) mass is 228 g/mol. The van der Waals surface area contributed by atoms with E-state index in [-0.39, 0.29) is 6.04 Å². The zero-order valence-corrected chi connectivity index (χ0v) is 7.38. The maximum atomic E-state index is 12.1. The molecule has 0 amide bonds. The SMILES string of the molecule is N#CC1CC(F)CN1.O=C(O)C(F)(F)F. The van der Waals surface area contributed by atoms with Crippen molar-refractivity contribution in [2.75, 3.05) is 6.54 Å². The number of aliphatic carboxylic acids is 1. The standard InChI is InChI=1S/C5H7FN2.C2HF3O2/c6-4-1-5(2-7)8-3-4;3-2(4,5)1(6)7/h4-5,8H,1,3H2;(H,6,7). The Morgan fingerprint density at radius 2 is 2.00 bits per heavy atom. The summed E-state index contributed by atoms with van der Waals surface area (Å²) in [7, 11) is 0. The second kappa shape index (κ2) is 5.50. The summed E-state index contributed by atoms with van der Waals surface area (Å²) in [4.78, 5) is 8.90. The molecule has 1 aliphatic rings. The van der Waals surface area contributed by atoms with Gasteiger partial charge in [-0.15, -0.1) is 0 Å². The molecule has 1 saturated heterocycles. The van der Waals surface area contributed by atoms with E-state index in [0.29, 0.717) is 13.0 Å². The number of hydrogen-bond donors (Lipinski definition) is 2. The highest BCUT2D eigenvalue weighted by molar-refractivity contribution is 5.73. The number of carboxylic acid groups (broad SMARTS) is 1. The summed E-state index contributed by atoms with van der Waals surface area (Å²) in [6, 6.07) is 1.70. The van der Waals surface area contributed by atoms with E-state index in [1.54, 1.807) is 0 Å². The van der Waals surface area contributed by atoms with Crippen LogP contribution in [0.25, 0.3) is 0 Å². The Kier molecular flexibility index (Phi) is 5.00. The van der Waals surface area contributed by atoms with E-state index in [1.165, 1.54) is 0 Å². The molecule has 0 aromatic rings. The van der Waals surface area contributed by atoms with Crippen molar-refractivity contribution in [1.82, 2.24) is 5.32 Å². The van der Waals surface area contributed by atoms with Gasteiger partial charge in [-0.2, -0.15) is 18.4 Å². The molecule has 0 spiro atoms. The lowest BCUT2D eigenvalue weighted by molar-refractivity contribution is -0.192. The Morgan fingerprint density at radius 1 is 1.53 bits per heavy atom. The largest absolute Gasteiger partial charge is 0.490 e. The number of nitriles is 1. The molecule has 4 nitrogen and oxygen atoms in total. The number of carbonyl (C=O) groups is 1. The van der Waals surface area contributed by atoms with Gasteiger partial charge in [-0.25, -0.2) is 9.18 Å². The van der Waals surface area contributed by atoms with Crippen LogP contribution < -0.4 is 5.32 Å². The average Bonchev–Trinajstić information content (AvgIpc) is 2.50. The maximum absolute atomic E-state index is 12.1. The fourth-order valence-corrected chi connectivity index (χ4v) is 0.791. The third kappa shape index (κ3) is 5.85. The fourth-order valence-electron chi connectivity index (χ4n) is 0.791. The normalized spacial score (nSPS) is 25.0. The summed E-state index contributed by atoms with van der Waals surface area (Å²) in [6.07, 6.45) is -5.53. The molecule has 1 fully saturated rings. The van der Waals surface area contributed by atoms with E-state index >= 15 is 0 Å². The summed E-state index contributed by atoms with van der Waals surface area (Å²) < 4.78 is 43.9. The second-order valence-electron chi connectivity index (χ2n) is 2.73. The maximum Gasteiger partial charge on any atom is 0.490 e. The van der Waals surface area contributed by atoms with E-state index < -0.39 is 18.3 Å². The Bertz CT molecular complexity index is 261. The van der Waals surface area contributed by atoms with Crippen molar-refractivity contribution in [3.8, 4) is 6.07 Å². The molecule has 2 atom stereocenters. The van der Waals surface area contributed by atoms with Crippen molar-refractivity contribution in [2.45, 2.75) is 24.8 Å². The summed E-state index contributed by atoms with van der Waals surface area (Å²) in [5, 5.41) is 18.0. The predicted octanol–water partition coefficient (Wildman–Crippen LogP) is 0.843. The van der Waals surface area contributed by atoms with E-state index in [0.717, 1.165) is 0 Å². The molecule has 8 heteroatoms. The van der Waals surface area contributed by atoms with Crippen LogP contribution in [0.2, 0.25) is 0 Å². The molecule has 0 bridgehead atoms. The number of nitrogens with zero attached hydrogens (tertiary/aromatic N) is 1. The van der Waals surface area contributed by atoms with Crippen molar-refractivity contribution >= 4 is 5.97 Å². The molecule has 15 heavy (non-hydrogen) atoms. The van der Waals surface area contributed by atoms with Crippen LogP contribution >= 0.6 is 0 Å². The van der Waals surface area contributed by atoms with Crippen LogP contribution in [0.15, 0.2) is 0 Å². The lowest BCUT2D eigenvalue weighted by Crippen LogP contribution is -2.21. The Balaban J connectivity index is 0.000000265. The summed E-state index contributed by atoms with van der Waals surface area (Å²) in [5.74, 6) is -2.76. The number of carboxylic acids is 1. The van der Waals surface area contributed by atoms with E-state index in [9.17, 15) is 17.6 Å². The average molecular weight is 228 g/mol. The van der Waals surface area contributed by atoms with Gasteiger partial charge >= 0.3 is 12.1 Å². The third-order valence-electron chi connectivity index (χ3n) is 1.48. The van der Waals surface area contributed by atoms with Crippen molar-refractivity contribution in [2.24, 2.45) is 0 Å². The number of nitrogens with one attached hydrogen (secondary N) is 1. The minimum atomic E-state index is -5.08. The van der Waals surface area contributed by atoms with Crippen LogP contribution in [0.1, 0.15) is 6.42 Å². The summed E-state index contributed by atoms with van der Waals surface area (Å²) in [6.45, 7) is 0.345. The summed E-state index contributed by atoms with van der Waals surface area (Å²) >= 11 is 0. The molecule has 0 aromatic carbocycles. The summed E-state index contributed by atoms with van der Waals surface area (Å²) in [5.41, 5.74) is 0. The van der Waals surface area contributed by atoms with Gasteiger partial charge in [0.25, 0.3) is 0 Å². The quantitative estimate of drug-likeness (QED) is 0.602. The predicted molar refractivity (Wildman–Crippen MR) is 40.6 cm³/mol. The Labute approximate surface area is 82.5 Å². The number of halogens is 4.